The largest absolute Gasteiger partial charge is 0.352 e. The lowest BCUT2D eigenvalue weighted by atomic mass is 10.2. The number of hydrogen-bond donors (Lipinski definition) is 2. The van der Waals surface area contributed by atoms with E-state index in [4.69, 9.17) is 0 Å². The van der Waals surface area contributed by atoms with Crippen LogP contribution < -0.4 is 10.0 Å². The summed E-state index contributed by atoms with van der Waals surface area (Å²) in [5.74, 6) is -0.758. The van der Waals surface area contributed by atoms with Gasteiger partial charge in [0.05, 0.1) is 4.90 Å². The maximum absolute atomic E-state index is 12.9. The minimum Gasteiger partial charge on any atom is -0.352 e. The van der Waals surface area contributed by atoms with Gasteiger partial charge in [-0.3, -0.25) is 9.52 Å². The number of carbonyl (C=O) groups excluding carboxylic acids is 1. The highest BCUT2D eigenvalue weighted by Crippen LogP contribution is 2.17. The lowest BCUT2D eigenvalue weighted by molar-refractivity contribution is 0.0952. The number of anilines is 1. The summed E-state index contributed by atoms with van der Waals surface area (Å²) in [4.78, 5) is 12.2. The summed E-state index contributed by atoms with van der Waals surface area (Å²) in [6, 6.07) is 10.8. The molecule has 0 spiro atoms. The van der Waals surface area contributed by atoms with Gasteiger partial charge in [-0.15, -0.1) is 0 Å². The summed E-state index contributed by atoms with van der Waals surface area (Å²) in [6.07, 6.45) is 4.18. The van der Waals surface area contributed by atoms with Crippen molar-refractivity contribution >= 4 is 21.6 Å². The first-order chi connectivity index (χ1) is 12.4. The second-order valence-corrected chi connectivity index (χ2v) is 7.64. The fourth-order valence-electron chi connectivity index (χ4n) is 2.39. The molecule has 0 aliphatic heterocycles. The Balaban J connectivity index is 2.04. The van der Waals surface area contributed by atoms with E-state index in [0.29, 0.717) is 6.54 Å². The predicted octanol–water partition coefficient (Wildman–Crippen LogP) is 3.94. The maximum atomic E-state index is 12.9. The summed E-state index contributed by atoms with van der Waals surface area (Å²) in [5, 5.41) is 2.80. The third kappa shape index (κ3) is 5.84. The Hall–Kier alpha value is -2.41. The first kappa shape index (κ1) is 19.9. The Morgan fingerprint density at radius 3 is 2.46 bits per heavy atom. The molecule has 2 rings (SSSR count). The molecule has 26 heavy (non-hydrogen) atoms. The molecule has 0 aromatic heterocycles. The van der Waals surface area contributed by atoms with E-state index in [-0.39, 0.29) is 22.1 Å². The Kier molecular flexibility index (Phi) is 7.15. The van der Waals surface area contributed by atoms with Gasteiger partial charge in [0.1, 0.15) is 5.82 Å². The van der Waals surface area contributed by atoms with E-state index in [0.717, 1.165) is 25.7 Å². The van der Waals surface area contributed by atoms with E-state index in [1.54, 1.807) is 6.07 Å². The molecule has 0 saturated heterocycles. The fraction of sp³-hybridized carbons (Fsp3) is 0.316. The van der Waals surface area contributed by atoms with Crippen LogP contribution in [0.25, 0.3) is 0 Å². The fourth-order valence-corrected chi connectivity index (χ4v) is 3.50. The molecular formula is C19H23FN2O3S. The topological polar surface area (TPSA) is 75.3 Å². The quantitative estimate of drug-likeness (QED) is 0.649. The Bertz CT molecular complexity index is 836. The SMILES string of the molecule is CCCCCCNC(=O)c1cccc(S(=O)(=O)Nc2ccc(F)cc2)c1. The second-order valence-electron chi connectivity index (χ2n) is 5.96. The second kappa shape index (κ2) is 9.33. The molecule has 0 radical (unpaired) electrons. The van der Waals surface area contributed by atoms with Crippen molar-refractivity contribution in [2.45, 2.75) is 37.5 Å². The molecule has 1 amide bonds. The van der Waals surface area contributed by atoms with Crippen molar-refractivity contribution in [1.82, 2.24) is 5.32 Å². The van der Waals surface area contributed by atoms with E-state index >= 15 is 0 Å². The zero-order chi connectivity index (χ0) is 19.0. The van der Waals surface area contributed by atoms with Crippen LogP contribution in [-0.4, -0.2) is 20.9 Å². The van der Waals surface area contributed by atoms with Gasteiger partial charge in [-0.25, -0.2) is 12.8 Å². The molecule has 0 aliphatic carbocycles. The molecule has 2 N–H and O–H groups in total. The highest BCUT2D eigenvalue weighted by molar-refractivity contribution is 7.92. The van der Waals surface area contributed by atoms with E-state index in [1.165, 1.54) is 42.5 Å². The first-order valence-electron chi connectivity index (χ1n) is 8.59. The summed E-state index contributed by atoms with van der Waals surface area (Å²) >= 11 is 0. The number of carbonyl (C=O) groups is 1. The number of benzene rings is 2. The monoisotopic (exact) mass is 378 g/mol. The van der Waals surface area contributed by atoms with Gasteiger partial charge in [-0.2, -0.15) is 0 Å². The van der Waals surface area contributed by atoms with E-state index in [1.807, 2.05) is 0 Å². The summed E-state index contributed by atoms with van der Waals surface area (Å²) < 4.78 is 40.2. The molecular weight excluding hydrogens is 355 g/mol. The maximum Gasteiger partial charge on any atom is 0.261 e. The molecule has 140 valence electrons. The number of halogens is 1. The normalized spacial score (nSPS) is 11.2. The Labute approximate surface area is 153 Å². The third-order valence-corrected chi connectivity index (χ3v) is 5.20. The highest BCUT2D eigenvalue weighted by atomic mass is 32.2. The molecule has 5 nitrogen and oxygen atoms in total. The van der Waals surface area contributed by atoms with Crippen LogP contribution in [-0.2, 0) is 10.0 Å². The molecule has 0 heterocycles. The van der Waals surface area contributed by atoms with Crippen molar-refractivity contribution < 1.29 is 17.6 Å². The van der Waals surface area contributed by atoms with Gasteiger partial charge in [-0.05, 0) is 48.9 Å². The first-order valence-corrected chi connectivity index (χ1v) is 10.1. The summed E-state index contributed by atoms with van der Waals surface area (Å²) in [7, 11) is -3.87. The van der Waals surface area contributed by atoms with Crippen LogP contribution >= 0.6 is 0 Å². The van der Waals surface area contributed by atoms with Gasteiger partial charge >= 0.3 is 0 Å². The molecule has 0 fully saturated rings. The minimum atomic E-state index is -3.87. The molecule has 0 saturated carbocycles. The van der Waals surface area contributed by atoms with Crippen LogP contribution in [0.15, 0.2) is 53.4 Å². The van der Waals surface area contributed by atoms with Crippen LogP contribution in [0.4, 0.5) is 10.1 Å². The van der Waals surface area contributed by atoms with Crippen molar-refractivity contribution in [2.75, 3.05) is 11.3 Å². The van der Waals surface area contributed by atoms with Gasteiger partial charge in [0, 0.05) is 17.8 Å². The minimum absolute atomic E-state index is 0.0274. The summed E-state index contributed by atoms with van der Waals surface area (Å²) in [5.41, 5.74) is 0.527. The van der Waals surface area contributed by atoms with Crippen molar-refractivity contribution in [1.29, 1.82) is 0 Å². The molecule has 0 atom stereocenters. The number of unbranched alkanes of at least 4 members (excludes halogenated alkanes) is 3. The molecule has 0 bridgehead atoms. The molecule has 2 aromatic carbocycles. The zero-order valence-electron chi connectivity index (χ0n) is 14.7. The van der Waals surface area contributed by atoms with Gasteiger partial charge in [0.15, 0.2) is 0 Å². The molecule has 2 aromatic rings. The van der Waals surface area contributed by atoms with Crippen LogP contribution in [0.5, 0.6) is 0 Å². The zero-order valence-corrected chi connectivity index (χ0v) is 15.5. The number of hydrogen-bond acceptors (Lipinski definition) is 3. The van der Waals surface area contributed by atoms with E-state index in [9.17, 15) is 17.6 Å². The van der Waals surface area contributed by atoms with Gasteiger partial charge in [0.2, 0.25) is 0 Å². The van der Waals surface area contributed by atoms with Gasteiger partial charge in [0.25, 0.3) is 15.9 Å². The van der Waals surface area contributed by atoms with Gasteiger partial charge < -0.3 is 5.32 Å². The predicted molar refractivity (Wildman–Crippen MR) is 100 cm³/mol. The number of sulfonamides is 1. The van der Waals surface area contributed by atoms with Crippen LogP contribution in [0.3, 0.4) is 0 Å². The standard InChI is InChI=1S/C19H23FN2O3S/c1-2-3-4-5-13-21-19(23)15-7-6-8-18(14-15)26(24,25)22-17-11-9-16(20)10-12-17/h6-12,14,22H,2-5,13H2,1H3,(H,21,23). The van der Waals surface area contributed by atoms with Crippen LogP contribution in [0, 0.1) is 5.82 Å². The number of rotatable bonds is 9. The van der Waals surface area contributed by atoms with E-state index < -0.39 is 15.8 Å². The molecule has 0 unspecified atom stereocenters. The summed E-state index contributed by atoms with van der Waals surface area (Å²) in [6.45, 7) is 2.67. The Morgan fingerprint density at radius 1 is 1.04 bits per heavy atom. The van der Waals surface area contributed by atoms with Gasteiger partial charge in [-0.1, -0.05) is 32.3 Å². The van der Waals surface area contributed by atoms with E-state index in [2.05, 4.69) is 17.0 Å². The van der Waals surface area contributed by atoms with Crippen LogP contribution in [0.2, 0.25) is 0 Å². The lowest BCUT2D eigenvalue weighted by Crippen LogP contribution is -2.24. The van der Waals surface area contributed by atoms with Crippen molar-refractivity contribution in [3.63, 3.8) is 0 Å². The molecule has 0 aliphatic rings. The van der Waals surface area contributed by atoms with Crippen molar-refractivity contribution in [2.24, 2.45) is 0 Å². The van der Waals surface area contributed by atoms with Crippen LogP contribution in [0.1, 0.15) is 43.0 Å². The third-order valence-electron chi connectivity index (χ3n) is 3.82. The smallest absolute Gasteiger partial charge is 0.261 e. The lowest BCUT2D eigenvalue weighted by Gasteiger charge is -2.10. The average molecular weight is 378 g/mol. The number of nitrogens with one attached hydrogen (secondary N) is 2. The van der Waals surface area contributed by atoms with Crippen molar-refractivity contribution in [3.8, 4) is 0 Å². The average Bonchev–Trinajstić information content (AvgIpc) is 2.63. The van der Waals surface area contributed by atoms with Crippen molar-refractivity contribution in [3.05, 3.63) is 59.9 Å². The molecule has 7 heteroatoms. The Morgan fingerprint density at radius 2 is 1.77 bits per heavy atom. The number of amides is 1. The highest BCUT2D eigenvalue weighted by Gasteiger charge is 2.16.